The van der Waals surface area contributed by atoms with Crippen LogP contribution < -0.4 is 0 Å². The van der Waals surface area contributed by atoms with Crippen molar-refractivity contribution >= 4 is 27.7 Å². The van der Waals surface area contributed by atoms with Gasteiger partial charge in [0, 0.05) is 10.1 Å². The smallest absolute Gasteiger partial charge is 0.137 e. The topological polar surface area (TPSA) is 20.2 Å². The summed E-state index contributed by atoms with van der Waals surface area (Å²) in [5.74, 6) is -0.272. The van der Waals surface area contributed by atoms with Crippen LogP contribution in [0.3, 0.4) is 0 Å². The molecule has 2 aromatic rings. The Hall–Kier alpha value is -0.840. The predicted molar refractivity (Wildman–Crippen MR) is 83.6 cm³/mol. The van der Waals surface area contributed by atoms with Crippen molar-refractivity contribution in [1.82, 2.24) is 0 Å². The lowest BCUT2D eigenvalue weighted by molar-refractivity contribution is 0.172. The molecule has 0 spiro atoms. The molecule has 0 bridgehead atoms. The Labute approximate surface area is 130 Å². The third kappa shape index (κ3) is 2.92. The van der Waals surface area contributed by atoms with Crippen LogP contribution in [0.5, 0.6) is 0 Å². The molecule has 0 aromatic heterocycles. The van der Waals surface area contributed by atoms with Crippen LogP contribution in [0.15, 0.2) is 51.8 Å². The van der Waals surface area contributed by atoms with Crippen molar-refractivity contribution < 1.29 is 9.50 Å². The summed E-state index contributed by atoms with van der Waals surface area (Å²) in [4.78, 5) is 1.26. The van der Waals surface area contributed by atoms with Crippen LogP contribution in [-0.4, -0.2) is 16.5 Å². The number of benzene rings is 2. The Kier molecular flexibility index (Phi) is 4.15. The first kappa shape index (κ1) is 14.1. The van der Waals surface area contributed by atoms with E-state index in [1.54, 1.807) is 23.9 Å². The molecular formula is C16H14BrFOS. The quantitative estimate of drug-likeness (QED) is 0.892. The number of hydrogen-bond acceptors (Lipinski definition) is 2. The van der Waals surface area contributed by atoms with Gasteiger partial charge < -0.3 is 5.11 Å². The van der Waals surface area contributed by atoms with E-state index in [4.69, 9.17) is 0 Å². The maximum absolute atomic E-state index is 13.2. The van der Waals surface area contributed by atoms with Gasteiger partial charge in [0.2, 0.25) is 0 Å². The van der Waals surface area contributed by atoms with E-state index in [0.29, 0.717) is 10.9 Å². The van der Waals surface area contributed by atoms with Crippen LogP contribution in [0, 0.1) is 5.82 Å². The zero-order valence-corrected chi connectivity index (χ0v) is 13.1. The number of halogens is 2. The van der Waals surface area contributed by atoms with Gasteiger partial charge in [-0.05, 0) is 58.1 Å². The Balaban J connectivity index is 1.69. The lowest BCUT2D eigenvalue weighted by atomic mass is 10.0. The minimum Gasteiger partial charge on any atom is -0.392 e. The van der Waals surface area contributed by atoms with E-state index in [9.17, 15) is 9.50 Å². The number of aliphatic hydroxyl groups excluding tert-OH is 1. The van der Waals surface area contributed by atoms with Crippen molar-refractivity contribution in [2.24, 2.45) is 0 Å². The molecule has 0 fully saturated rings. The first-order valence-corrected chi connectivity index (χ1v) is 8.17. The molecule has 0 radical (unpaired) electrons. The van der Waals surface area contributed by atoms with Crippen molar-refractivity contribution in [3.8, 4) is 0 Å². The van der Waals surface area contributed by atoms with Crippen LogP contribution in [0.2, 0.25) is 0 Å². The highest BCUT2D eigenvalue weighted by atomic mass is 79.9. The van der Waals surface area contributed by atoms with Crippen LogP contribution in [0.1, 0.15) is 11.1 Å². The van der Waals surface area contributed by atoms with Crippen molar-refractivity contribution in [3.63, 3.8) is 0 Å². The molecule has 4 heteroatoms. The SMILES string of the molecule is OC(Cc1ccc(F)c(Br)c1)C1Cc2ccccc2S1. The molecule has 104 valence electrons. The molecule has 1 aliphatic rings. The molecule has 2 atom stereocenters. The van der Waals surface area contributed by atoms with E-state index in [1.807, 2.05) is 12.1 Å². The first-order valence-electron chi connectivity index (χ1n) is 6.50. The van der Waals surface area contributed by atoms with Crippen molar-refractivity contribution in [2.75, 3.05) is 0 Å². The highest BCUT2D eigenvalue weighted by Gasteiger charge is 2.28. The van der Waals surface area contributed by atoms with Crippen molar-refractivity contribution in [1.29, 1.82) is 0 Å². The summed E-state index contributed by atoms with van der Waals surface area (Å²) in [5, 5.41) is 10.6. The van der Waals surface area contributed by atoms with Crippen LogP contribution in [0.25, 0.3) is 0 Å². The standard InChI is InChI=1S/C16H14BrFOS/c17-12-7-10(5-6-13(12)18)8-14(19)16-9-11-3-1-2-4-15(11)20-16/h1-7,14,16,19H,8-9H2. The van der Waals surface area contributed by atoms with Gasteiger partial charge in [-0.25, -0.2) is 4.39 Å². The van der Waals surface area contributed by atoms with Gasteiger partial charge in [-0.3, -0.25) is 0 Å². The van der Waals surface area contributed by atoms with E-state index in [-0.39, 0.29) is 11.1 Å². The van der Waals surface area contributed by atoms with Crippen LogP contribution >= 0.6 is 27.7 Å². The third-order valence-corrected chi connectivity index (χ3v) is 5.57. The summed E-state index contributed by atoms with van der Waals surface area (Å²) in [6, 6.07) is 13.2. The van der Waals surface area contributed by atoms with E-state index >= 15 is 0 Å². The fourth-order valence-corrected chi connectivity index (χ4v) is 4.19. The molecule has 20 heavy (non-hydrogen) atoms. The summed E-state index contributed by atoms with van der Waals surface area (Å²) in [6.07, 6.45) is 1.01. The van der Waals surface area contributed by atoms with Crippen molar-refractivity contribution in [3.05, 3.63) is 63.9 Å². The fourth-order valence-electron chi connectivity index (χ4n) is 2.46. The van der Waals surface area contributed by atoms with Crippen LogP contribution in [-0.2, 0) is 12.8 Å². The van der Waals surface area contributed by atoms with E-state index < -0.39 is 6.10 Å². The number of hydrogen-bond donors (Lipinski definition) is 1. The Morgan fingerprint density at radius 2 is 2.10 bits per heavy atom. The average molecular weight is 353 g/mol. The second kappa shape index (κ2) is 5.88. The van der Waals surface area contributed by atoms with Gasteiger partial charge in [0.15, 0.2) is 0 Å². The molecule has 0 saturated carbocycles. The monoisotopic (exact) mass is 352 g/mol. The fraction of sp³-hybridized carbons (Fsp3) is 0.250. The summed E-state index contributed by atoms with van der Waals surface area (Å²) >= 11 is 4.92. The van der Waals surface area contributed by atoms with Gasteiger partial charge in [-0.1, -0.05) is 24.3 Å². The maximum Gasteiger partial charge on any atom is 0.137 e. The largest absolute Gasteiger partial charge is 0.392 e. The molecule has 3 rings (SSSR count). The molecule has 1 nitrogen and oxygen atoms in total. The van der Waals surface area contributed by atoms with Gasteiger partial charge in [0.25, 0.3) is 0 Å². The van der Waals surface area contributed by atoms with Gasteiger partial charge in [-0.2, -0.15) is 0 Å². The molecule has 1 heterocycles. The molecule has 1 aliphatic heterocycles. The number of rotatable bonds is 3. The molecule has 0 aliphatic carbocycles. The predicted octanol–water partition coefficient (Wildman–Crippen LogP) is 4.21. The normalized spacial score (nSPS) is 18.9. The number of aliphatic hydroxyl groups is 1. The summed E-state index contributed by atoms with van der Waals surface area (Å²) in [6.45, 7) is 0. The second-order valence-electron chi connectivity index (χ2n) is 4.99. The number of fused-ring (bicyclic) bond motifs is 1. The lowest BCUT2D eigenvalue weighted by Crippen LogP contribution is -2.24. The highest BCUT2D eigenvalue weighted by Crippen LogP contribution is 2.39. The zero-order chi connectivity index (χ0) is 14.1. The minimum absolute atomic E-state index is 0.177. The second-order valence-corrected chi connectivity index (χ2v) is 7.12. The van der Waals surface area contributed by atoms with E-state index in [2.05, 4.69) is 28.1 Å². The molecule has 1 N–H and O–H groups in total. The summed E-state index contributed by atoms with van der Waals surface area (Å²) < 4.78 is 13.7. The Morgan fingerprint density at radius 1 is 1.30 bits per heavy atom. The maximum atomic E-state index is 13.2. The van der Waals surface area contributed by atoms with Crippen LogP contribution in [0.4, 0.5) is 4.39 Å². The summed E-state index contributed by atoms with van der Waals surface area (Å²) in [5.41, 5.74) is 2.25. The van der Waals surface area contributed by atoms with Gasteiger partial charge in [0.05, 0.1) is 10.6 Å². The lowest BCUT2D eigenvalue weighted by Gasteiger charge is -2.17. The first-order chi connectivity index (χ1) is 9.63. The van der Waals surface area contributed by atoms with Gasteiger partial charge >= 0.3 is 0 Å². The van der Waals surface area contributed by atoms with Gasteiger partial charge in [-0.15, -0.1) is 11.8 Å². The highest BCUT2D eigenvalue weighted by molar-refractivity contribution is 9.10. The molecule has 0 saturated heterocycles. The Morgan fingerprint density at radius 3 is 2.85 bits per heavy atom. The van der Waals surface area contributed by atoms with E-state index in [0.717, 1.165) is 12.0 Å². The van der Waals surface area contributed by atoms with E-state index in [1.165, 1.54) is 16.5 Å². The molecular weight excluding hydrogens is 339 g/mol. The third-order valence-electron chi connectivity index (χ3n) is 3.53. The molecule has 0 amide bonds. The zero-order valence-electron chi connectivity index (χ0n) is 10.7. The van der Waals surface area contributed by atoms with Gasteiger partial charge in [0.1, 0.15) is 5.82 Å². The number of thioether (sulfide) groups is 1. The summed E-state index contributed by atoms with van der Waals surface area (Å²) in [7, 11) is 0. The minimum atomic E-state index is -0.426. The average Bonchev–Trinajstić information content (AvgIpc) is 2.87. The molecule has 2 aromatic carbocycles. The Bertz CT molecular complexity index is 607. The van der Waals surface area contributed by atoms with Crippen molar-refractivity contribution in [2.45, 2.75) is 29.1 Å². The molecule has 2 unspecified atom stereocenters.